The highest BCUT2D eigenvalue weighted by molar-refractivity contribution is 5.93. The zero-order chi connectivity index (χ0) is 21.8. The predicted molar refractivity (Wildman–Crippen MR) is 89.7 cm³/mol. The van der Waals surface area contributed by atoms with Gasteiger partial charge in [-0.25, -0.2) is 9.97 Å². The smallest absolute Gasteiger partial charge is 0.438 e. The molecule has 3 rings (SSSR count). The molecule has 0 saturated carbocycles. The van der Waals surface area contributed by atoms with Crippen molar-refractivity contribution >= 4 is 11.7 Å². The average Bonchev–Trinajstić information content (AvgIpc) is 3.20. The second-order valence-corrected chi connectivity index (χ2v) is 7.51. The first-order valence-electron chi connectivity index (χ1n) is 8.30. The Balaban J connectivity index is 2.23. The first-order chi connectivity index (χ1) is 13.1. The van der Waals surface area contributed by atoms with Gasteiger partial charge in [0.15, 0.2) is 11.5 Å². The molecule has 158 valence electrons. The highest BCUT2D eigenvalue weighted by Crippen LogP contribution is 2.45. The standard InChI is InChI=1S/C17H16F6N4O2/c1-14(2,3)12-8-15(28,17(21,22)23)27(26-12)13-24-9(10-5-4-6-29-10)7-11(25-13)16(18,19)20/h4-7,28H,8H2,1-3H3. The summed E-state index contributed by atoms with van der Waals surface area (Å²) in [4.78, 5) is 6.95. The largest absolute Gasteiger partial charge is 0.463 e. The average molecular weight is 422 g/mol. The van der Waals surface area contributed by atoms with Crippen LogP contribution in [0.2, 0.25) is 0 Å². The number of anilines is 1. The fraction of sp³-hybridized carbons (Fsp3) is 0.471. The molecule has 2 aromatic heterocycles. The van der Waals surface area contributed by atoms with E-state index in [0.717, 1.165) is 0 Å². The predicted octanol–water partition coefficient (Wildman–Crippen LogP) is 4.62. The third-order valence-electron chi connectivity index (χ3n) is 4.27. The van der Waals surface area contributed by atoms with Crippen LogP contribution >= 0.6 is 0 Å². The number of halogens is 6. The van der Waals surface area contributed by atoms with E-state index < -0.39 is 47.2 Å². The number of hydrazone groups is 1. The molecule has 0 spiro atoms. The van der Waals surface area contributed by atoms with Gasteiger partial charge < -0.3 is 9.52 Å². The Morgan fingerprint density at radius 1 is 1.10 bits per heavy atom. The van der Waals surface area contributed by atoms with Crippen molar-refractivity contribution in [3.8, 4) is 11.5 Å². The maximum atomic E-state index is 13.7. The van der Waals surface area contributed by atoms with Gasteiger partial charge in [0.2, 0.25) is 5.95 Å². The Morgan fingerprint density at radius 2 is 1.76 bits per heavy atom. The Morgan fingerprint density at radius 3 is 2.24 bits per heavy atom. The highest BCUT2D eigenvalue weighted by atomic mass is 19.4. The number of hydrogen-bond acceptors (Lipinski definition) is 6. The van der Waals surface area contributed by atoms with E-state index in [1.54, 1.807) is 20.8 Å². The molecule has 12 heteroatoms. The number of alkyl halides is 6. The van der Waals surface area contributed by atoms with Crippen molar-refractivity contribution in [2.75, 3.05) is 5.01 Å². The van der Waals surface area contributed by atoms with Crippen molar-refractivity contribution in [2.45, 2.75) is 45.3 Å². The molecule has 1 atom stereocenters. The number of nitrogens with zero attached hydrogens (tertiary/aromatic N) is 4. The maximum Gasteiger partial charge on any atom is 0.438 e. The van der Waals surface area contributed by atoms with Crippen molar-refractivity contribution in [1.29, 1.82) is 0 Å². The quantitative estimate of drug-likeness (QED) is 0.715. The van der Waals surface area contributed by atoms with Gasteiger partial charge in [-0.1, -0.05) is 20.8 Å². The summed E-state index contributed by atoms with van der Waals surface area (Å²) in [7, 11) is 0. The molecular weight excluding hydrogens is 406 g/mol. The number of hydrogen-bond donors (Lipinski definition) is 1. The summed E-state index contributed by atoms with van der Waals surface area (Å²) in [6.45, 7) is 4.69. The highest BCUT2D eigenvalue weighted by Gasteiger charge is 2.63. The second kappa shape index (κ2) is 6.44. The monoisotopic (exact) mass is 422 g/mol. The summed E-state index contributed by atoms with van der Waals surface area (Å²) in [6.07, 6.45) is -10.0. The van der Waals surface area contributed by atoms with E-state index in [1.807, 2.05) is 0 Å². The number of furan rings is 1. The van der Waals surface area contributed by atoms with Crippen LogP contribution in [0.15, 0.2) is 34.0 Å². The normalized spacial score (nSPS) is 20.9. The van der Waals surface area contributed by atoms with Gasteiger partial charge in [0.25, 0.3) is 5.72 Å². The minimum Gasteiger partial charge on any atom is -0.463 e. The third kappa shape index (κ3) is 3.80. The van der Waals surface area contributed by atoms with Crippen molar-refractivity contribution < 1.29 is 35.9 Å². The summed E-state index contributed by atoms with van der Waals surface area (Å²) in [5.74, 6) is -1.17. The van der Waals surface area contributed by atoms with Crippen molar-refractivity contribution in [3.63, 3.8) is 0 Å². The summed E-state index contributed by atoms with van der Waals surface area (Å²) in [5.41, 5.74) is -6.47. The van der Waals surface area contributed by atoms with E-state index in [4.69, 9.17) is 4.42 Å². The molecule has 29 heavy (non-hydrogen) atoms. The lowest BCUT2D eigenvalue weighted by atomic mass is 9.86. The first-order valence-corrected chi connectivity index (χ1v) is 8.30. The summed E-state index contributed by atoms with van der Waals surface area (Å²) >= 11 is 0. The van der Waals surface area contributed by atoms with E-state index in [-0.39, 0.29) is 16.5 Å². The molecule has 0 radical (unpaired) electrons. The molecule has 1 aliphatic heterocycles. The van der Waals surface area contributed by atoms with E-state index in [0.29, 0.717) is 6.07 Å². The Bertz CT molecular complexity index is 931. The molecule has 2 aromatic rings. The van der Waals surface area contributed by atoms with Gasteiger partial charge in [0.1, 0.15) is 5.69 Å². The lowest BCUT2D eigenvalue weighted by Gasteiger charge is -2.33. The van der Waals surface area contributed by atoms with Crippen molar-refractivity contribution in [2.24, 2.45) is 10.5 Å². The van der Waals surface area contributed by atoms with Crippen LogP contribution in [0, 0.1) is 5.41 Å². The lowest BCUT2D eigenvalue weighted by molar-refractivity contribution is -0.254. The molecule has 6 nitrogen and oxygen atoms in total. The lowest BCUT2D eigenvalue weighted by Crippen LogP contribution is -2.55. The minimum absolute atomic E-state index is 0.00470. The van der Waals surface area contributed by atoms with Gasteiger partial charge in [-0.2, -0.15) is 36.5 Å². The summed E-state index contributed by atoms with van der Waals surface area (Å²) in [5, 5.41) is 14.1. The SMILES string of the molecule is CC(C)(C)C1=NN(c2nc(-c3ccco3)cc(C(F)(F)F)n2)C(O)(C(F)(F)F)C1. The van der Waals surface area contributed by atoms with E-state index in [1.165, 1.54) is 18.4 Å². The molecule has 0 fully saturated rings. The fourth-order valence-electron chi connectivity index (χ4n) is 2.62. The molecular formula is C17H16F6N4O2. The first kappa shape index (κ1) is 21.1. The Kier molecular flexibility index (Phi) is 4.68. The van der Waals surface area contributed by atoms with Crippen molar-refractivity contribution in [3.05, 3.63) is 30.2 Å². The molecule has 1 unspecified atom stereocenters. The van der Waals surface area contributed by atoms with Gasteiger partial charge >= 0.3 is 12.4 Å². The summed E-state index contributed by atoms with van der Waals surface area (Å²) < 4.78 is 86.0. The van der Waals surface area contributed by atoms with Crippen molar-refractivity contribution in [1.82, 2.24) is 9.97 Å². The number of aliphatic hydroxyl groups is 1. The zero-order valence-corrected chi connectivity index (χ0v) is 15.4. The topological polar surface area (TPSA) is 74.8 Å². The van der Waals surface area contributed by atoms with Crippen LogP contribution in [-0.4, -0.2) is 32.7 Å². The van der Waals surface area contributed by atoms with Crippen LogP contribution in [0.1, 0.15) is 32.9 Å². The van der Waals surface area contributed by atoms with Crippen LogP contribution in [0.4, 0.5) is 32.3 Å². The number of aromatic nitrogens is 2. The molecule has 1 N–H and O–H groups in total. The molecule has 0 bridgehead atoms. The van der Waals surface area contributed by atoms with Gasteiger partial charge in [-0.3, -0.25) is 0 Å². The van der Waals surface area contributed by atoms with E-state index in [9.17, 15) is 31.4 Å². The fourth-order valence-corrected chi connectivity index (χ4v) is 2.62. The van der Waals surface area contributed by atoms with Gasteiger partial charge in [-0.05, 0) is 18.2 Å². The van der Waals surface area contributed by atoms with Crippen LogP contribution in [0.5, 0.6) is 0 Å². The molecule has 0 saturated heterocycles. The van der Waals surface area contributed by atoms with Crippen LogP contribution < -0.4 is 5.01 Å². The van der Waals surface area contributed by atoms with Crippen LogP contribution in [0.25, 0.3) is 11.5 Å². The van der Waals surface area contributed by atoms with E-state index in [2.05, 4.69) is 15.1 Å². The molecule has 0 amide bonds. The molecule has 0 aliphatic carbocycles. The Labute approximate surface area is 160 Å². The zero-order valence-electron chi connectivity index (χ0n) is 15.4. The Hall–Kier alpha value is -2.63. The maximum absolute atomic E-state index is 13.7. The van der Waals surface area contributed by atoms with Gasteiger partial charge in [0.05, 0.1) is 6.26 Å². The van der Waals surface area contributed by atoms with Gasteiger partial charge in [-0.15, -0.1) is 0 Å². The molecule has 1 aliphatic rings. The van der Waals surface area contributed by atoms with Crippen LogP contribution in [0.3, 0.4) is 0 Å². The summed E-state index contributed by atoms with van der Waals surface area (Å²) in [6, 6.07) is 3.21. The van der Waals surface area contributed by atoms with E-state index >= 15 is 0 Å². The van der Waals surface area contributed by atoms with Crippen LogP contribution in [-0.2, 0) is 6.18 Å². The number of rotatable bonds is 2. The third-order valence-corrected chi connectivity index (χ3v) is 4.27. The second-order valence-electron chi connectivity index (χ2n) is 7.51. The molecule has 0 aromatic carbocycles. The van der Waals surface area contributed by atoms with Gasteiger partial charge in [0, 0.05) is 17.5 Å². The minimum atomic E-state index is -5.24. The molecule has 3 heterocycles.